The maximum atomic E-state index is 11.8. The fraction of sp³-hybridized carbons (Fsp3) is 0.462. The number of amides is 1. The average Bonchev–Trinajstić information content (AvgIpc) is 2.41. The summed E-state index contributed by atoms with van der Waals surface area (Å²) in [5.74, 6) is 0.397. The lowest BCUT2D eigenvalue weighted by Crippen LogP contribution is -2.21. The predicted octanol–water partition coefficient (Wildman–Crippen LogP) is 2.77. The van der Waals surface area contributed by atoms with Crippen molar-refractivity contribution in [1.29, 1.82) is 0 Å². The van der Waals surface area contributed by atoms with Crippen molar-refractivity contribution >= 4 is 40.6 Å². The van der Waals surface area contributed by atoms with Gasteiger partial charge in [0.1, 0.15) is 0 Å². The van der Waals surface area contributed by atoms with Gasteiger partial charge < -0.3 is 15.8 Å². The van der Waals surface area contributed by atoms with Crippen LogP contribution in [0.1, 0.15) is 12.8 Å². The summed E-state index contributed by atoms with van der Waals surface area (Å²) < 4.78 is 5.29. The number of nitrogen functional groups attached to an aromatic ring is 1. The van der Waals surface area contributed by atoms with Crippen LogP contribution >= 0.6 is 23.4 Å². The lowest BCUT2D eigenvalue weighted by molar-refractivity contribution is -0.113. The molecule has 1 heterocycles. The van der Waals surface area contributed by atoms with E-state index in [0.717, 1.165) is 26.1 Å². The number of carbonyl (C=O) groups excluding carboxylic acids is 1. The van der Waals surface area contributed by atoms with E-state index in [0.29, 0.717) is 27.4 Å². The summed E-state index contributed by atoms with van der Waals surface area (Å²) in [5.41, 5.74) is 6.79. The molecular formula is C13H17ClN2O2S. The standard InChI is InChI=1S/C13H17ClN2O2S/c14-11-7-9(15)1-2-12(11)16-13(17)8-19-10-3-5-18-6-4-10/h1-2,7,10H,3-6,8,15H2,(H,16,17). The zero-order valence-corrected chi connectivity index (χ0v) is 12.1. The topological polar surface area (TPSA) is 64.3 Å². The minimum Gasteiger partial charge on any atom is -0.399 e. The first kappa shape index (κ1) is 14.5. The summed E-state index contributed by atoms with van der Waals surface area (Å²) in [5, 5.41) is 3.78. The van der Waals surface area contributed by atoms with Crippen LogP contribution in [-0.2, 0) is 9.53 Å². The highest BCUT2D eigenvalue weighted by Gasteiger charge is 2.16. The first-order valence-electron chi connectivity index (χ1n) is 6.19. The molecule has 0 aliphatic carbocycles. The molecule has 19 heavy (non-hydrogen) atoms. The Labute approximate surface area is 122 Å². The zero-order chi connectivity index (χ0) is 13.7. The molecule has 1 fully saturated rings. The number of ether oxygens (including phenoxy) is 1. The Bertz CT molecular complexity index is 450. The van der Waals surface area contributed by atoms with E-state index >= 15 is 0 Å². The normalized spacial score (nSPS) is 16.3. The second-order valence-corrected chi connectivity index (χ2v) is 6.11. The summed E-state index contributed by atoms with van der Waals surface area (Å²) in [6.07, 6.45) is 2.03. The number of nitrogens with one attached hydrogen (secondary N) is 1. The van der Waals surface area contributed by atoms with E-state index in [9.17, 15) is 4.79 Å². The van der Waals surface area contributed by atoms with Gasteiger partial charge in [0.05, 0.1) is 16.5 Å². The Hall–Kier alpha value is -0.910. The Morgan fingerprint density at radius 1 is 1.47 bits per heavy atom. The third-order valence-corrected chi connectivity index (χ3v) is 4.57. The van der Waals surface area contributed by atoms with Crippen molar-refractivity contribution in [3.8, 4) is 0 Å². The molecule has 0 saturated carbocycles. The summed E-state index contributed by atoms with van der Waals surface area (Å²) in [6.45, 7) is 1.59. The SMILES string of the molecule is Nc1ccc(NC(=O)CSC2CCOCC2)c(Cl)c1. The summed E-state index contributed by atoms with van der Waals surface area (Å²) in [6, 6.07) is 5.06. The number of halogens is 1. The maximum Gasteiger partial charge on any atom is 0.234 e. The molecule has 1 amide bonds. The van der Waals surface area contributed by atoms with E-state index in [-0.39, 0.29) is 5.91 Å². The number of thioether (sulfide) groups is 1. The quantitative estimate of drug-likeness (QED) is 0.839. The highest BCUT2D eigenvalue weighted by Crippen LogP contribution is 2.25. The molecular weight excluding hydrogens is 284 g/mol. The van der Waals surface area contributed by atoms with E-state index in [1.807, 2.05) is 0 Å². The molecule has 1 aromatic rings. The Morgan fingerprint density at radius 2 is 2.21 bits per heavy atom. The van der Waals surface area contributed by atoms with Crippen LogP contribution in [0.5, 0.6) is 0 Å². The molecule has 3 N–H and O–H groups in total. The van der Waals surface area contributed by atoms with Crippen LogP contribution in [0, 0.1) is 0 Å². The number of hydrogen-bond acceptors (Lipinski definition) is 4. The smallest absolute Gasteiger partial charge is 0.234 e. The van der Waals surface area contributed by atoms with Crippen LogP contribution in [0.4, 0.5) is 11.4 Å². The van der Waals surface area contributed by atoms with E-state index < -0.39 is 0 Å². The van der Waals surface area contributed by atoms with Crippen LogP contribution < -0.4 is 11.1 Å². The second kappa shape index (κ2) is 7.03. The highest BCUT2D eigenvalue weighted by atomic mass is 35.5. The summed E-state index contributed by atoms with van der Waals surface area (Å²) >= 11 is 7.68. The summed E-state index contributed by atoms with van der Waals surface area (Å²) in [4.78, 5) is 11.8. The molecule has 1 aliphatic heterocycles. The molecule has 0 bridgehead atoms. The monoisotopic (exact) mass is 300 g/mol. The minimum absolute atomic E-state index is 0.0387. The first-order valence-corrected chi connectivity index (χ1v) is 7.62. The highest BCUT2D eigenvalue weighted by molar-refractivity contribution is 8.00. The summed E-state index contributed by atoms with van der Waals surface area (Å²) in [7, 11) is 0. The Kier molecular flexibility index (Phi) is 5.36. The predicted molar refractivity (Wildman–Crippen MR) is 80.8 cm³/mol. The molecule has 6 heteroatoms. The molecule has 1 aromatic carbocycles. The van der Waals surface area contributed by atoms with E-state index in [4.69, 9.17) is 22.1 Å². The van der Waals surface area contributed by atoms with Crippen molar-refractivity contribution in [2.75, 3.05) is 30.0 Å². The van der Waals surface area contributed by atoms with Crippen LogP contribution in [0.3, 0.4) is 0 Å². The molecule has 0 atom stereocenters. The van der Waals surface area contributed by atoms with Crippen molar-refractivity contribution in [3.05, 3.63) is 23.2 Å². The zero-order valence-electron chi connectivity index (χ0n) is 10.5. The van der Waals surface area contributed by atoms with Crippen molar-refractivity contribution in [1.82, 2.24) is 0 Å². The average molecular weight is 301 g/mol. The van der Waals surface area contributed by atoms with Gasteiger partial charge in [-0.2, -0.15) is 0 Å². The molecule has 1 aliphatic rings. The Morgan fingerprint density at radius 3 is 2.89 bits per heavy atom. The van der Waals surface area contributed by atoms with Gasteiger partial charge >= 0.3 is 0 Å². The lowest BCUT2D eigenvalue weighted by atomic mass is 10.2. The molecule has 4 nitrogen and oxygen atoms in total. The van der Waals surface area contributed by atoms with Crippen molar-refractivity contribution in [2.45, 2.75) is 18.1 Å². The molecule has 104 valence electrons. The molecule has 2 rings (SSSR count). The van der Waals surface area contributed by atoms with E-state index in [1.54, 1.807) is 30.0 Å². The fourth-order valence-electron chi connectivity index (χ4n) is 1.86. The van der Waals surface area contributed by atoms with Crippen LogP contribution in [0.2, 0.25) is 5.02 Å². The molecule has 0 spiro atoms. The number of nitrogens with two attached hydrogens (primary N) is 1. The number of anilines is 2. The first-order chi connectivity index (χ1) is 9.15. The van der Waals surface area contributed by atoms with E-state index in [2.05, 4.69) is 5.32 Å². The third-order valence-electron chi connectivity index (χ3n) is 2.89. The van der Waals surface area contributed by atoms with Gasteiger partial charge in [-0.05, 0) is 31.0 Å². The van der Waals surface area contributed by atoms with Crippen molar-refractivity contribution in [2.24, 2.45) is 0 Å². The van der Waals surface area contributed by atoms with Crippen LogP contribution in [-0.4, -0.2) is 30.1 Å². The lowest BCUT2D eigenvalue weighted by Gasteiger charge is -2.21. The number of carbonyl (C=O) groups is 1. The number of benzene rings is 1. The Balaban J connectivity index is 1.80. The van der Waals surface area contributed by atoms with Crippen molar-refractivity contribution < 1.29 is 9.53 Å². The van der Waals surface area contributed by atoms with Gasteiger partial charge in [0.25, 0.3) is 0 Å². The van der Waals surface area contributed by atoms with Crippen LogP contribution in [0.15, 0.2) is 18.2 Å². The van der Waals surface area contributed by atoms with Gasteiger partial charge in [0.15, 0.2) is 0 Å². The molecule has 0 unspecified atom stereocenters. The van der Waals surface area contributed by atoms with Crippen LogP contribution in [0.25, 0.3) is 0 Å². The van der Waals surface area contributed by atoms with Gasteiger partial charge in [-0.25, -0.2) is 0 Å². The number of rotatable bonds is 4. The van der Waals surface area contributed by atoms with Gasteiger partial charge in [0.2, 0.25) is 5.91 Å². The van der Waals surface area contributed by atoms with Gasteiger partial charge in [-0.1, -0.05) is 11.6 Å². The maximum absolute atomic E-state index is 11.8. The van der Waals surface area contributed by atoms with Gasteiger partial charge in [-0.15, -0.1) is 11.8 Å². The second-order valence-electron chi connectivity index (χ2n) is 4.41. The van der Waals surface area contributed by atoms with E-state index in [1.165, 1.54) is 0 Å². The number of hydrogen-bond donors (Lipinski definition) is 2. The minimum atomic E-state index is -0.0387. The molecule has 0 radical (unpaired) electrons. The van der Waals surface area contributed by atoms with Crippen molar-refractivity contribution in [3.63, 3.8) is 0 Å². The third kappa shape index (κ3) is 4.60. The molecule has 1 saturated heterocycles. The van der Waals surface area contributed by atoms with Gasteiger partial charge in [-0.3, -0.25) is 4.79 Å². The largest absolute Gasteiger partial charge is 0.399 e. The van der Waals surface area contributed by atoms with Gasteiger partial charge in [0, 0.05) is 24.2 Å². The molecule has 0 aromatic heterocycles. The fourth-order valence-corrected chi connectivity index (χ4v) is 3.08.